The molecule has 3 aromatic carbocycles. The van der Waals surface area contributed by atoms with Crippen LogP contribution in [-0.4, -0.2) is 16.0 Å². The van der Waals surface area contributed by atoms with Crippen LogP contribution >= 0.6 is 71.3 Å². The Hall–Kier alpha value is -1.65. The number of thiocarbonyl (C=S) groups is 1. The maximum Gasteiger partial charge on any atom is 0.257 e. The van der Waals surface area contributed by atoms with Crippen LogP contribution in [0.3, 0.4) is 0 Å². The molecule has 0 atom stereocenters. The number of amides is 1. The van der Waals surface area contributed by atoms with Gasteiger partial charge >= 0.3 is 0 Å². The lowest BCUT2D eigenvalue weighted by molar-refractivity contribution is 0.0977. The Morgan fingerprint density at radius 1 is 0.967 bits per heavy atom. The highest BCUT2D eigenvalue weighted by Gasteiger charge is 2.17. The first kappa shape index (κ1) is 21.6. The Kier molecular flexibility index (Phi) is 6.64. The lowest BCUT2D eigenvalue weighted by Crippen LogP contribution is -2.34. The first-order valence-corrected chi connectivity index (χ1v) is 12.2. The van der Waals surface area contributed by atoms with E-state index in [1.54, 1.807) is 29.5 Å². The number of anilines is 1. The van der Waals surface area contributed by atoms with Crippen LogP contribution in [0.15, 0.2) is 74.1 Å². The Balaban J connectivity index is 1.64. The topological polar surface area (TPSA) is 54.0 Å². The van der Waals surface area contributed by atoms with Gasteiger partial charge in [0.25, 0.3) is 5.91 Å². The molecule has 1 amide bonds. The third-order valence-electron chi connectivity index (χ3n) is 4.13. The van der Waals surface area contributed by atoms with Crippen LogP contribution in [0.5, 0.6) is 0 Å². The third kappa shape index (κ3) is 4.81. The van der Waals surface area contributed by atoms with Crippen LogP contribution < -0.4 is 10.6 Å². The largest absolute Gasteiger partial charge is 0.331 e. The smallest absolute Gasteiger partial charge is 0.257 e. The fraction of sp³-hybridized carbons (Fsp3) is 0. The quantitative estimate of drug-likeness (QED) is 0.233. The minimum Gasteiger partial charge on any atom is -0.331 e. The Morgan fingerprint density at radius 2 is 1.77 bits per heavy atom. The number of nitrogens with zero attached hydrogens (tertiary/aromatic N) is 1. The van der Waals surface area contributed by atoms with Gasteiger partial charge in [0.2, 0.25) is 0 Å². The Bertz CT molecular complexity index is 1260. The van der Waals surface area contributed by atoms with E-state index in [-0.39, 0.29) is 11.0 Å². The van der Waals surface area contributed by atoms with Gasteiger partial charge in [-0.3, -0.25) is 10.1 Å². The van der Waals surface area contributed by atoms with Crippen molar-refractivity contribution in [1.29, 1.82) is 0 Å². The van der Waals surface area contributed by atoms with E-state index in [2.05, 4.69) is 58.4 Å². The van der Waals surface area contributed by atoms with Crippen molar-refractivity contribution >= 4 is 98.3 Å². The van der Waals surface area contributed by atoms with Crippen molar-refractivity contribution in [2.75, 3.05) is 5.32 Å². The molecule has 4 rings (SSSR count). The predicted molar refractivity (Wildman–Crippen MR) is 138 cm³/mol. The van der Waals surface area contributed by atoms with Gasteiger partial charge in [0, 0.05) is 24.5 Å². The fourth-order valence-electron chi connectivity index (χ4n) is 2.81. The highest BCUT2D eigenvalue weighted by molar-refractivity contribution is 9.11. The van der Waals surface area contributed by atoms with Crippen molar-refractivity contribution in [3.63, 3.8) is 0 Å². The van der Waals surface area contributed by atoms with Crippen molar-refractivity contribution in [2.45, 2.75) is 0 Å². The molecule has 2 N–H and O–H groups in total. The predicted octanol–water partition coefficient (Wildman–Crippen LogP) is 7.38. The number of fused-ring (bicyclic) bond motifs is 1. The highest BCUT2D eigenvalue weighted by Crippen LogP contribution is 2.40. The number of carbonyl (C=O) groups excluding carboxylic acids is 1. The molecular weight excluding hydrogens is 614 g/mol. The molecule has 9 heteroatoms. The van der Waals surface area contributed by atoms with Gasteiger partial charge in [-0.15, -0.1) is 11.3 Å². The molecule has 0 aliphatic rings. The summed E-state index contributed by atoms with van der Waals surface area (Å²) in [5, 5.41) is 6.93. The van der Waals surface area contributed by atoms with Crippen LogP contribution in [-0.2, 0) is 0 Å². The van der Waals surface area contributed by atoms with Gasteiger partial charge in [-0.05, 0) is 70.6 Å². The van der Waals surface area contributed by atoms with Crippen LogP contribution in [0.2, 0.25) is 0 Å². The summed E-state index contributed by atoms with van der Waals surface area (Å²) < 4.78 is 3.62. The molecule has 4 nitrogen and oxygen atoms in total. The zero-order chi connectivity index (χ0) is 21.3. The number of benzene rings is 3. The Morgan fingerprint density at radius 3 is 2.53 bits per heavy atom. The molecular formula is C21H12Br3N3OS2. The molecule has 30 heavy (non-hydrogen) atoms. The normalized spacial score (nSPS) is 10.8. The summed E-state index contributed by atoms with van der Waals surface area (Å²) >= 11 is 17.5. The van der Waals surface area contributed by atoms with Crippen molar-refractivity contribution in [1.82, 2.24) is 10.3 Å². The SMILES string of the molecule is O=C(NC(=S)Nc1c(Br)cc(Br)cc1-c1nc2ccccc2s1)c1cccc(Br)c1. The molecule has 0 saturated heterocycles. The first-order chi connectivity index (χ1) is 14.4. The van der Waals surface area contributed by atoms with E-state index < -0.39 is 0 Å². The van der Waals surface area contributed by atoms with Crippen molar-refractivity contribution in [3.05, 3.63) is 79.6 Å². The Labute approximate surface area is 207 Å². The van der Waals surface area contributed by atoms with Crippen molar-refractivity contribution in [3.8, 4) is 10.6 Å². The summed E-state index contributed by atoms with van der Waals surface area (Å²) in [6.45, 7) is 0. The second kappa shape index (κ2) is 9.23. The molecule has 1 aromatic heterocycles. The summed E-state index contributed by atoms with van der Waals surface area (Å²) in [5.41, 5.74) is 3.05. The standard InChI is InChI=1S/C21H12Br3N3OS2/c22-12-5-3-4-11(8-12)19(28)27-21(29)26-18-14(9-13(23)10-15(18)24)20-25-16-6-1-2-7-17(16)30-20/h1-10H,(H2,26,27,28,29). The molecule has 1 heterocycles. The number of rotatable bonds is 3. The number of hydrogen-bond donors (Lipinski definition) is 2. The minimum atomic E-state index is -0.288. The molecule has 0 saturated carbocycles. The summed E-state index contributed by atoms with van der Waals surface area (Å²) in [7, 11) is 0. The first-order valence-electron chi connectivity index (χ1n) is 8.63. The molecule has 0 unspecified atom stereocenters. The third-order valence-corrected chi connectivity index (χ3v) is 6.98. The van der Waals surface area contributed by atoms with Crippen molar-refractivity contribution in [2.24, 2.45) is 0 Å². The van der Waals surface area contributed by atoms with E-state index in [0.717, 1.165) is 39.9 Å². The molecule has 150 valence electrons. The molecule has 0 radical (unpaired) electrons. The average molecular weight is 626 g/mol. The molecule has 0 aliphatic carbocycles. The maximum absolute atomic E-state index is 12.5. The van der Waals surface area contributed by atoms with E-state index in [1.165, 1.54) is 0 Å². The number of carbonyl (C=O) groups is 1. The fourth-order valence-corrected chi connectivity index (χ4v) is 5.71. The average Bonchev–Trinajstić information content (AvgIpc) is 3.14. The van der Waals surface area contributed by atoms with E-state index in [0.29, 0.717) is 5.56 Å². The molecule has 0 aliphatic heterocycles. The summed E-state index contributed by atoms with van der Waals surface area (Å²) in [6, 6.07) is 19.0. The van der Waals surface area contributed by atoms with Gasteiger partial charge in [-0.25, -0.2) is 4.98 Å². The number of thiazole rings is 1. The molecule has 4 aromatic rings. The second-order valence-corrected chi connectivity index (χ2v) is 10.3. The van der Waals surface area contributed by atoms with E-state index in [9.17, 15) is 4.79 Å². The molecule has 0 bridgehead atoms. The zero-order valence-corrected chi connectivity index (χ0v) is 21.5. The number of aromatic nitrogens is 1. The van der Waals surface area contributed by atoms with E-state index in [1.807, 2.05) is 42.5 Å². The number of halogens is 3. The van der Waals surface area contributed by atoms with Crippen LogP contribution in [0.25, 0.3) is 20.8 Å². The number of nitrogens with one attached hydrogen (secondary N) is 2. The van der Waals surface area contributed by atoms with Crippen molar-refractivity contribution < 1.29 is 4.79 Å². The number of para-hydroxylation sites is 1. The maximum atomic E-state index is 12.5. The van der Waals surface area contributed by atoms with Crippen LogP contribution in [0, 0.1) is 0 Å². The van der Waals surface area contributed by atoms with Gasteiger partial charge < -0.3 is 5.32 Å². The lowest BCUT2D eigenvalue weighted by atomic mass is 10.2. The molecule has 0 fully saturated rings. The summed E-state index contributed by atoms with van der Waals surface area (Å²) in [5.74, 6) is -0.288. The molecule has 0 spiro atoms. The van der Waals surface area contributed by atoms with Crippen LogP contribution in [0.1, 0.15) is 10.4 Å². The summed E-state index contributed by atoms with van der Waals surface area (Å²) in [6.07, 6.45) is 0. The van der Waals surface area contributed by atoms with Crippen LogP contribution in [0.4, 0.5) is 5.69 Å². The highest BCUT2D eigenvalue weighted by atomic mass is 79.9. The van der Waals surface area contributed by atoms with Gasteiger partial charge in [-0.1, -0.05) is 50.1 Å². The van der Waals surface area contributed by atoms with E-state index in [4.69, 9.17) is 17.2 Å². The zero-order valence-electron chi connectivity index (χ0n) is 15.1. The van der Waals surface area contributed by atoms with Gasteiger partial charge in [0.05, 0.1) is 15.9 Å². The lowest BCUT2D eigenvalue weighted by Gasteiger charge is -2.15. The van der Waals surface area contributed by atoms with Gasteiger partial charge in [-0.2, -0.15) is 0 Å². The van der Waals surface area contributed by atoms with E-state index >= 15 is 0 Å². The van der Waals surface area contributed by atoms with Gasteiger partial charge in [0.15, 0.2) is 5.11 Å². The second-order valence-electron chi connectivity index (χ2n) is 6.22. The minimum absolute atomic E-state index is 0.199. The van der Waals surface area contributed by atoms with Gasteiger partial charge in [0.1, 0.15) is 5.01 Å². The number of hydrogen-bond acceptors (Lipinski definition) is 4. The monoisotopic (exact) mass is 623 g/mol. The summed E-state index contributed by atoms with van der Waals surface area (Å²) in [4.78, 5) is 17.3.